The molecule has 0 radical (unpaired) electrons. The molecule has 0 spiro atoms. The third kappa shape index (κ3) is 1.01. The molecule has 1 saturated heterocycles. The first-order valence-corrected chi connectivity index (χ1v) is 4.77. The number of nitrogens with one attached hydrogen (secondary N) is 1. The van der Waals surface area contributed by atoms with Crippen LogP contribution < -0.4 is 11.1 Å². The summed E-state index contributed by atoms with van der Waals surface area (Å²) >= 11 is 0. The Hall–Kier alpha value is -0.930. The smallest absolute Gasteiger partial charge is 0.0368 e. The lowest BCUT2D eigenvalue weighted by molar-refractivity contribution is 0.536. The van der Waals surface area contributed by atoms with Crippen molar-refractivity contribution in [1.82, 2.24) is 10.3 Å². The van der Waals surface area contributed by atoms with E-state index in [-0.39, 0.29) is 0 Å². The molecule has 4 unspecified atom stereocenters. The lowest BCUT2D eigenvalue weighted by Crippen LogP contribution is -2.25. The molecular formula is C10H13N3. The van der Waals surface area contributed by atoms with E-state index in [9.17, 15) is 0 Å². The summed E-state index contributed by atoms with van der Waals surface area (Å²) < 4.78 is 0. The molecule has 3 rings (SSSR count). The van der Waals surface area contributed by atoms with Gasteiger partial charge in [-0.2, -0.15) is 0 Å². The summed E-state index contributed by atoms with van der Waals surface area (Å²) in [7, 11) is 0. The van der Waals surface area contributed by atoms with Gasteiger partial charge in [-0.05, 0) is 29.5 Å². The zero-order valence-corrected chi connectivity index (χ0v) is 7.35. The molecule has 2 fully saturated rings. The molecule has 1 aliphatic carbocycles. The van der Waals surface area contributed by atoms with Crippen molar-refractivity contribution in [2.75, 3.05) is 6.54 Å². The van der Waals surface area contributed by atoms with Gasteiger partial charge in [-0.3, -0.25) is 4.98 Å². The molecule has 3 heteroatoms. The molecule has 1 saturated carbocycles. The molecule has 0 aromatic carbocycles. The molecule has 2 aliphatic rings. The van der Waals surface area contributed by atoms with Crippen LogP contribution in [0, 0.1) is 11.8 Å². The molecule has 13 heavy (non-hydrogen) atoms. The van der Waals surface area contributed by atoms with Gasteiger partial charge in [0.25, 0.3) is 0 Å². The first-order chi connectivity index (χ1) is 6.38. The summed E-state index contributed by atoms with van der Waals surface area (Å²) in [6.45, 7) is 1.08. The van der Waals surface area contributed by atoms with E-state index < -0.39 is 0 Å². The highest BCUT2D eigenvalue weighted by molar-refractivity contribution is 5.25. The van der Waals surface area contributed by atoms with Crippen LogP contribution in [0.2, 0.25) is 0 Å². The molecule has 0 amide bonds. The predicted octanol–water partition coefficient (Wildman–Crippen LogP) is 0.299. The maximum atomic E-state index is 5.94. The lowest BCUT2D eigenvalue weighted by atomic mass is 10.1. The third-order valence-electron chi connectivity index (χ3n) is 3.32. The average Bonchev–Trinajstić information content (AvgIpc) is 2.67. The fourth-order valence-electron chi connectivity index (χ4n) is 2.48. The predicted molar refractivity (Wildman–Crippen MR) is 49.9 cm³/mol. The highest BCUT2D eigenvalue weighted by Crippen LogP contribution is 2.50. The summed E-state index contributed by atoms with van der Waals surface area (Å²) in [5, 5.41) is 3.50. The van der Waals surface area contributed by atoms with Crippen LogP contribution in [0.15, 0.2) is 24.5 Å². The molecule has 0 bridgehead atoms. The Morgan fingerprint density at radius 3 is 2.77 bits per heavy atom. The normalized spacial score (nSPS) is 41.6. The van der Waals surface area contributed by atoms with Crippen molar-refractivity contribution in [1.29, 1.82) is 0 Å². The fraction of sp³-hybridized carbons (Fsp3) is 0.500. The standard InChI is InChI=1S/C10H13N3/c11-9-7-5-13-10(8(7)9)6-1-3-12-4-2-6/h1-4,7-10,13H,5,11H2. The van der Waals surface area contributed by atoms with Crippen molar-refractivity contribution in [2.45, 2.75) is 12.1 Å². The Morgan fingerprint density at radius 1 is 1.38 bits per heavy atom. The van der Waals surface area contributed by atoms with Gasteiger partial charge in [0.15, 0.2) is 0 Å². The Kier molecular flexibility index (Phi) is 1.45. The number of fused-ring (bicyclic) bond motifs is 1. The topological polar surface area (TPSA) is 50.9 Å². The van der Waals surface area contributed by atoms with Crippen LogP contribution in [-0.4, -0.2) is 17.6 Å². The molecular weight excluding hydrogens is 162 g/mol. The van der Waals surface area contributed by atoms with Crippen LogP contribution in [0.25, 0.3) is 0 Å². The highest BCUT2D eigenvalue weighted by Gasteiger charge is 2.56. The number of hydrogen-bond donors (Lipinski definition) is 2. The van der Waals surface area contributed by atoms with Gasteiger partial charge in [0.05, 0.1) is 0 Å². The second kappa shape index (κ2) is 2.53. The second-order valence-electron chi connectivity index (χ2n) is 3.99. The Morgan fingerprint density at radius 2 is 2.15 bits per heavy atom. The van der Waals surface area contributed by atoms with E-state index in [2.05, 4.69) is 22.4 Å². The minimum atomic E-state index is 0.430. The number of nitrogens with zero attached hydrogens (tertiary/aromatic N) is 1. The summed E-state index contributed by atoms with van der Waals surface area (Å²) in [6.07, 6.45) is 3.69. The Balaban J connectivity index is 1.87. The van der Waals surface area contributed by atoms with Crippen LogP contribution in [-0.2, 0) is 0 Å². The minimum Gasteiger partial charge on any atom is -0.327 e. The van der Waals surface area contributed by atoms with Crippen LogP contribution >= 0.6 is 0 Å². The number of hydrogen-bond acceptors (Lipinski definition) is 3. The SMILES string of the molecule is NC1C2CNC(c3ccncc3)C12. The van der Waals surface area contributed by atoms with Crippen LogP contribution in [0.4, 0.5) is 0 Å². The van der Waals surface area contributed by atoms with Crippen LogP contribution in [0.1, 0.15) is 11.6 Å². The number of nitrogens with two attached hydrogens (primary N) is 1. The monoisotopic (exact) mass is 175 g/mol. The van der Waals surface area contributed by atoms with Crippen molar-refractivity contribution in [3.05, 3.63) is 30.1 Å². The maximum absolute atomic E-state index is 5.94. The maximum Gasteiger partial charge on any atom is 0.0368 e. The number of aromatic nitrogens is 1. The van der Waals surface area contributed by atoms with E-state index in [1.807, 2.05) is 12.4 Å². The number of piperidine rings is 1. The molecule has 1 aromatic rings. The van der Waals surface area contributed by atoms with Crippen molar-refractivity contribution >= 4 is 0 Å². The highest BCUT2D eigenvalue weighted by atomic mass is 15.1. The van der Waals surface area contributed by atoms with Crippen molar-refractivity contribution in [3.63, 3.8) is 0 Å². The van der Waals surface area contributed by atoms with Crippen LogP contribution in [0.5, 0.6) is 0 Å². The molecule has 4 atom stereocenters. The summed E-state index contributed by atoms with van der Waals surface area (Å²) in [6, 6.07) is 5.05. The van der Waals surface area contributed by atoms with Crippen molar-refractivity contribution in [2.24, 2.45) is 17.6 Å². The zero-order chi connectivity index (χ0) is 8.84. The van der Waals surface area contributed by atoms with Gasteiger partial charge in [0.2, 0.25) is 0 Å². The van der Waals surface area contributed by atoms with Gasteiger partial charge in [0.1, 0.15) is 0 Å². The first kappa shape index (κ1) is 7.47. The molecule has 1 aromatic heterocycles. The van der Waals surface area contributed by atoms with Gasteiger partial charge in [-0.25, -0.2) is 0 Å². The van der Waals surface area contributed by atoms with Gasteiger partial charge < -0.3 is 11.1 Å². The van der Waals surface area contributed by atoms with Gasteiger partial charge >= 0.3 is 0 Å². The minimum absolute atomic E-state index is 0.430. The summed E-state index contributed by atoms with van der Waals surface area (Å²) in [4.78, 5) is 4.02. The quantitative estimate of drug-likeness (QED) is 0.645. The summed E-state index contributed by atoms with van der Waals surface area (Å²) in [5.41, 5.74) is 7.27. The van der Waals surface area contributed by atoms with Gasteiger partial charge in [-0.1, -0.05) is 0 Å². The number of rotatable bonds is 1. The fourth-order valence-corrected chi connectivity index (χ4v) is 2.48. The van der Waals surface area contributed by atoms with E-state index in [0.29, 0.717) is 18.0 Å². The molecule has 2 heterocycles. The molecule has 1 aliphatic heterocycles. The van der Waals surface area contributed by atoms with Gasteiger partial charge in [0, 0.05) is 31.0 Å². The Labute approximate surface area is 77.4 Å². The first-order valence-electron chi connectivity index (χ1n) is 4.77. The largest absolute Gasteiger partial charge is 0.327 e. The van der Waals surface area contributed by atoms with E-state index in [1.165, 1.54) is 5.56 Å². The molecule has 3 nitrogen and oxygen atoms in total. The second-order valence-corrected chi connectivity index (χ2v) is 3.99. The lowest BCUT2D eigenvalue weighted by Gasteiger charge is -2.14. The van der Waals surface area contributed by atoms with E-state index in [0.717, 1.165) is 12.5 Å². The van der Waals surface area contributed by atoms with E-state index in [4.69, 9.17) is 5.73 Å². The number of pyridine rings is 1. The molecule has 3 N–H and O–H groups in total. The third-order valence-corrected chi connectivity index (χ3v) is 3.32. The average molecular weight is 175 g/mol. The Bertz CT molecular complexity index is 311. The van der Waals surface area contributed by atoms with Gasteiger partial charge in [-0.15, -0.1) is 0 Å². The summed E-state index contributed by atoms with van der Waals surface area (Å²) in [5.74, 6) is 1.39. The van der Waals surface area contributed by atoms with Crippen molar-refractivity contribution in [3.8, 4) is 0 Å². The molecule has 68 valence electrons. The van der Waals surface area contributed by atoms with Crippen LogP contribution in [0.3, 0.4) is 0 Å². The zero-order valence-electron chi connectivity index (χ0n) is 7.35. The van der Waals surface area contributed by atoms with E-state index >= 15 is 0 Å². The van der Waals surface area contributed by atoms with Crippen molar-refractivity contribution < 1.29 is 0 Å². The van der Waals surface area contributed by atoms with E-state index in [1.54, 1.807) is 0 Å².